The van der Waals surface area contributed by atoms with Crippen LogP contribution in [0.3, 0.4) is 0 Å². The lowest BCUT2D eigenvalue weighted by molar-refractivity contribution is -0.123. The van der Waals surface area contributed by atoms with Gasteiger partial charge in [-0.2, -0.15) is 0 Å². The van der Waals surface area contributed by atoms with Gasteiger partial charge in [-0.25, -0.2) is 0 Å². The molecule has 3 heteroatoms. The van der Waals surface area contributed by atoms with Crippen LogP contribution in [0.1, 0.15) is 84.5 Å². The number of amides is 1. The number of rotatable bonds is 9. The van der Waals surface area contributed by atoms with E-state index >= 15 is 0 Å². The van der Waals surface area contributed by atoms with Crippen molar-refractivity contribution >= 4 is 5.91 Å². The highest BCUT2D eigenvalue weighted by Gasteiger charge is 2.32. The largest absolute Gasteiger partial charge is 0.388 e. The van der Waals surface area contributed by atoms with Crippen LogP contribution < -0.4 is 5.32 Å². The number of nitrogens with one attached hydrogen (secondary N) is 1. The van der Waals surface area contributed by atoms with Crippen LogP contribution in [0, 0.1) is 5.92 Å². The Morgan fingerprint density at radius 2 is 1.95 bits per heavy atom. The summed E-state index contributed by atoms with van der Waals surface area (Å²) >= 11 is 0. The molecule has 0 radical (unpaired) electrons. The van der Waals surface area contributed by atoms with E-state index in [2.05, 4.69) is 19.2 Å². The Morgan fingerprint density at radius 1 is 1.25 bits per heavy atom. The molecule has 2 unspecified atom stereocenters. The Labute approximate surface area is 124 Å². The van der Waals surface area contributed by atoms with E-state index in [1.165, 1.54) is 32.1 Å². The van der Waals surface area contributed by atoms with E-state index in [-0.39, 0.29) is 5.91 Å². The molecule has 0 aliphatic heterocycles. The molecular weight excluding hydrogens is 250 g/mol. The van der Waals surface area contributed by atoms with E-state index < -0.39 is 5.60 Å². The molecule has 20 heavy (non-hydrogen) atoms. The Balaban J connectivity index is 2.07. The summed E-state index contributed by atoms with van der Waals surface area (Å²) in [6.45, 7) is 4.83. The fourth-order valence-electron chi connectivity index (χ4n) is 3.21. The van der Waals surface area contributed by atoms with E-state index in [0.29, 0.717) is 18.9 Å². The standard InChI is InChI=1S/C17H33NO2/c1-3-4-5-6-7-8-11-16(19)18-14-17(20)12-9-10-15(2)13-17/h15,20H,3-14H2,1-2H3,(H,18,19). The summed E-state index contributed by atoms with van der Waals surface area (Å²) in [4.78, 5) is 11.8. The fourth-order valence-corrected chi connectivity index (χ4v) is 3.21. The van der Waals surface area contributed by atoms with Crippen molar-refractivity contribution in [2.24, 2.45) is 5.92 Å². The Kier molecular flexibility index (Phi) is 8.20. The zero-order valence-corrected chi connectivity index (χ0v) is 13.4. The lowest BCUT2D eigenvalue weighted by Crippen LogP contribution is -2.45. The molecule has 118 valence electrons. The number of aliphatic hydroxyl groups is 1. The van der Waals surface area contributed by atoms with E-state index in [1.54, 1.807) is 0 Å². The highest BCUT2D eigenvalue weighted by atomic mass is 16.3. The molecule has 2 atom stereocenters. The summed E-state index contributed by atoms with van der Waals surface area (Å²) in [7, 11) is 0. The highest BCUT2D eigenvalue weighted by molar-refractivity contribution is 5.75. The Morgan fingerprint density at radius 3 is 2.65 bits per heavy atom. The van der Waals surface area contributed by atoms with Crippen molar-refractivity contribution < 1.29 is 9.90 Å². The molecule has 0 spiro atoms. The van der Waals surface area contributed by atoms with E-state index in [0.717, 1.165) is 32.1 Å². The van der Waals surface area contributed by atoms with Crippen molar-refractivity contribution in [2.45, 2.75) is 90.1 Å². The fraction of sp³-hybridized carbons (Fsp3) is 0.941. The van der Waals surface area contributed by atoms with Crippen LogP contribution >= 0.6 is 0 Å². The third kappa shape index (κ3) is 7.28. The first-order valence-electron chi connectivity index (χ1n) is 8.55. The minimum atomic E-state index is -0.658. The molecule has 0 aromatic carbocycles. The van der Waals surface area contributed by atoms with Gasteiger partial charge in [-0.05, 0) is 25.2 Å². The van der Waals surface area contributed by atoms with Crippen molar-refractivity contribution in [3.8, 4) is 0 Å². The smallest absolute Gasteiger partial charge is 0.220 e. The van der Waals surface area contributed by atoms with Crippen LogP contribution in [0.4, 0.5) is 0 Å². The molecule has 1 amide bonds. The molecule has 1 fully saturated rings. The molecule has 0 saturated heterocycles. The maximum atomic E-state index is 11.8. The SMILES string of the molecule is CCCCCCCCC(=O)NCC1(O)CCCC(C)C1. The van der Waals surface area contributed by atoms with Gasteiger partial charge in [0.05, 0.1) is 5.60 Å². The third-order valence-corrected chi connectivity index (χ3v) is 4.44. The number of carbonyl (C=O) groups excluding carboxylic acids is 1. The van der Waals surface area contributed by atoms with Crippen molar-refractivity contribution in [2.75, 3.05) is 6.54 Å². The maximum absolute atomic E-state index is 11.8. The van der Waals surface area contributed by atoms with Gasteiger partial charge in [-0.3, -0.25) is 4.79 Å². The summed E-state index contributed by atoms with van der Waals surface area (Å²) < 4.78 is 0. The van der Waals surface area contributed by atoms with Crippen molar-refractivity contribution in [1.82, 2.24) is 5.32 Å². The zero-order valence-electron chi connectivity index (χ0n) is 13.4. The first-order valence-corrected chi connectivity index (χ1v) is 8.55. The third-order valence-electron chi connectivity index (χ3n) is 4.44. The Hall–Kier alpha value is -0.570. The summed E-state index contributed by atoms with van der Waals surface area (Å²) in [5.74, 6) is 0.677. The average Bonchev–Trinajstić information content (AvgIpc) is 2.40. The van der Waals surface area contributed by atoms with E-state index in [9.17, 15) is 9.90 Å². The second-order valence-corrected chi connectivity index (χ2v) is 6.72. The molecule has 1 aliphatic carbocycles. The van der Waals surface area contributed by atoms with Crippen molar-refractivity contribution in [3.05, 3.63) is 0 Å². The minimum absolute atomic E-state index is 0.104. The van der Waals surface area contributed by atoms with Gasteiger partial charge in [0.1, 0.15) is 0 Å². The maximum Gasteiger partial charge on any atom is 0.220 e. The minimum Gasteiger partial charge on any atom is -0.388 e. The normalized spacial score (nSPS) is 26.4. The predicted octanol–water partition coefficient (Wildman–Crippen LogP) is 3.79. The first kappa shape index (κ1) is 17.5. The average molecular weight is 283 g/mol. The molecular formula is C17H33NO2. The second kappa shape index (κ2) is 9.38. The quantitative estimate of drug-likeness (QED) is 0.632. The summed E-state index contributed by atoms with van der Waals surface area (Å²) in [6.07, 6.45) is 11.8. The number of unbranched alkanes of at least 4 members (excludes halogenated alkanes) is 5. The molecule has 1 saturated carbocycles. The van der Waals surface area contributed by atoms with Gasteiger partial charge < -0.3 is 10.4 Å². The Bertz CT molecular complexity index is 280. The van der Waals surface area contributed by atoms with Crippen LogP contribution in [0.25, 0.3) is 0 Å². The lowest BCUT2D eigenvalue weighted by atomic mass is 9.79. The van der Waals surface area contributed by atoms with Gasteiger partial charge in [0.25, 0.3) is 0 Å². The summed E-state index contributed by atoms with van der Waals surface area (Å²) in [6, 6.07) is 0. The molecule has 0 heterocycles. The zero-order chi connectivity index (χ0) is 14.8. The van der Waals surface area contributed by atoms with Crippen molar-refractivity contribution in [3.63, 3.8) is 0 Å². The van der Waals surface area contributed by atoms with Gasteiger partial charge in [0.15, 0.2) is 0 Å². The molecule has 3 nitrogen and oxygen atoms in total. The monoisotopic (exact) mass is 283 g/mol. The van der Waals surface area contributed by atoms with Gasteiger partial charge >= 0.3 is 0 Å². The van der Waals surface area contributed by atoms with Crippen LogP contribution in [0.5, 0.6) is 0 Å². The van der Waals surface area contributed by atoms with Gasteiger partial charge in [0, 0.05) is 13.0 Å². The number of hydrogen-bond acceptors (Lipinski definition) is 2. The molecule has 0 aromatic heterocycles. The van der Waals surface area contributed by atoms with Crippen LogP contribution in [-0.2, 0) is 4.79 Å². The van der Waals surface area contributed by atoms with Crippen LogP contribution in [-0.4, -0.2) is 23.2 Å². The second-order valence-electron chi connectivity index (χ2n) is 6.72. The van der Waals surface area contributed by atoms with Crippen molar-refractivity contribution in [1.29, 1.82) is 0 Å². The van der Waals surface area contributed by atoms with Crippen LogP contribution in [0.2, 0.25) is 0 Å². The lowest BCUT2D eigenvalue weighted by Gasteiger charge is -2.35. The molecule has 1 aliphatic rings. The molecule has 0 aromatic rings. The van der Waals surface area contributed by atoms with Crippen LogP contribution in [0.15, 0.2) is 0 Å². The molecule has 1 rings (SSSR count). The molecule has 0 bridgehead atoms. The summed E-state index contributed by atoms with van der Waals surface area (Å²) in [5, 5.41) is 13.4. The number of carbonyl (C=O) groups is 1. The predicted molar refractivity (Wildman–Crippen MR) is 83.6 cm³/mol. The van der Waals surface area contributed by atoms with Gasteiger partial charge in [0.2, 0.25) is 5.91 Å². The van der Waals surface area contributed by atoms with Gasteiger partial charge in [-0.1, -0.05) is 58.8 Å². The topological polar surface area (TPSA) is 49.3 Å². The van der Waals surface area contributed by atoms with E-state index in [1.807, 2.05) is 0 Å². The van der Waals surface area contributed by atoms with E-state index in [4.69, 9.17) is 0 Å². The van der Waals surface area contributed by atoms with Gasteiger partial charge in [-0.15, -0.1) is 0 Å². The summed E-state index contributed by atoms with van der Waals surface area (Å²) in [5.41, 5.74) is -0.658. The number of hydrogen-bond donors (Lipinski definition) is 2. The molecule has 2 N–H and O–H groups in total. The highest BCUT2D eigenvalue weighted by Crippen LogP contribution is 2.31. The first-order chi connectivity index (χ1) is 9.56.